The van der Waals surface area contributed by atoms with Gasteiger partial charge in [-0.1, -0.05) is 0 Å². The molecule has 0 fully saturated rings. The molecule has 0 bridgehead atoms. The Kier molecular flexibility index (Phi) is 4.95. The molecule has 0 N–H and O–H groups in total. The van der Waals surface area contributed by atoms with Gasteiger partial charge in [-0.3, -0.25) is 0 Å². The molecule has 2 aromatic heterocycles. The van der Waals surface area contributed by atoms with E-state index in [1.54, 1.807) is 0 Å². The van der Waals surface area contributed by atoms with Crippen LogP contribution in [0.4, 0.5) is 0 Å². The zero-order chi connectivity index (χ0) is 25.1. The van der Waals surface area contributed by atoms with E-state index in [1.807, 2.05) is 12.1 Å². The van der Waals surface area contributed by atoms with E-state index in [0.717, 1.165) is 33.5 Å². The zero-order valence-corrected chi connectivity index (χ0v) is 22.5. The maximum atomic E-state index is 5.17. The molecule has 0 radical (unpaired) electrons. The monoisotopic (exact) mass is 598 g/mol. The number of hydrogen-bond acceptors (Lipinski definition) is 2. The Morgan fingerprint density at radius 3 is 1.89 bits per heavy atom. The van der Waals surface area contributed by atoms with E-state index >= 15 is 0 Å². The molecule has 1 aliphatic rings. The average Bonchev–Trinajstić information content (AvgIpc) is 3.53. The molecule has 7 aromatic rings. The van der Waals surface area contributed by atoms with Crippen LogP contribution in [0.1, 0.15) is 0 Å². The fraction of sp³-hybridized carbons (Fsp3) is 0. The van der Waals surface area contributed by atoms with Crippen LogP contribution in [-0.2, 0) is 0 Å². The molecule has 0 unspecified atom stereocenters. The van der Waals surface area contributed by atoms with Gasteiger partial charge in [-0.25, -0.2) is 0 Å². The summed E-state index contributed by atoms with van der Waals surface area (Å²) in [7, 11) is 0. The van der Waals surface area contributed by atoms with Crippen molar-refractivity contribution in [3.05, 3.63) is 135 Å². The number of para-hydroxylation sites is 1. The van der Waals surface area contributed by atoms with Crippen molar-refractivity contribution in [3.8, 4) is 39.6 Å². The summed E-state index contributed by atoms with van der Waals surface area (Å²) in [6, 6.07) is 45.1. The first-order chi connectivity index (χ1) is 18.8. The number of halogens is 1. The summed E-state index contributed by atoms with van der Waals surface area (Å²) >= 11 is -0.187. The fourth-order valence-corrected chi connectivity index (χ4v) is 8.44. The average molecular weight is 598 g/mol. The van der Waals surface area contributed by atoms with Gasteiger partial charge in [0.05, 0.1) is 0 Å². The third-order valence-electron chi connectivity index (χ3n) is 7.19. The summed E-state index contributed by atoms with van der Waals surface area (Å²) in [6.07, 6.45) is 0. The van der Waals surface area contributed by atoms with Crippen LogP contribution in [0.2, 0.25) is 0 Å². The van der Waals surface area contributed by atoms with Crippen LogP contribution >= 0.6 is 0 Å². The number of benzene rings is 5. The summed E-state index contributed by atoms with van der Waals surface area (Å²) in [5.41, 5.74) is 9.03. The Bertz CT molecular complexity index is 1930. The second kappa shape index (κ2) is 8.64. The molecular weight excluding hydrogens is 577 g/mol. The van der Waals surface area contributed by atoms with Gasteiger partial charge in [-0.15, -0.1) is 0 Å². The first-order valence-corrected chi connectivity index (χ1v) is 14.8. The van der Waals surface area contributed by atoms with Crippen molar-refractivity contribution in [2.75, 3.05) is 0 Å². The van der Waals surface area contributed by atoms with Crippen LogP contribution in [0.25, 0.3) is 61.4 Å². The SMILES string of the molecule is c1ccc(-c2cc(-c3ccccc3)nc(-n3c4ccccc4c4c5c(ccc43)[I-]c3ccccc3-5)n2)cc1. The quantitative estimate of drug-likeness (QED) is 0.268. The third kappa shape index (κ3) is 3.33. The minimum absolute atomic E-state index is 0.187. The van der Waals surface area contributed by atoms with E-state index in [0.29, 0.717) is 5.95 Å². The van der Waals surface area contributed by atoms with Gasteiger partial charge < -0.3 is 0 Å². The number of nitrogens with zero attached hydrogens (tertiary/aromatic N) is 3. The summed E-state index contributed by atoms with van der Waals surface area (Å²) < 4.78 is 5.24. The van der Waals surface area contributed by atoms with E-state index in [-0.39, 0.29) is 21.2 Å². The van der Waals surface area contributed by atoms with Crippen molar-refractivity contribution >= 4 is 21.8 Å². The molecule has 8 rings (SSSR count). The Labute approximate surface area is 230 Å². The predicted octanol–water partition coefficient (Wildman–Crippen LogP) is 5.02. The molecule has 38 heavy (non-hydrogen) atoms. The second-order valence-corrected chi connectivity index (χ2v) is 12.3. The topological polar surface area (TPSA) is 30.7 Å². The summed E-state index contributed by atoms with van der Waals surface area (Å²) in [6.45, 7) is 0. The maximum absolute atomic E-state index is 5.17. The molecule has 3 heterocycles. The van der Waals surface area contributed by atoms with Crippen LogP contribution in [0.3, 0.4) is 0 Å². The number of fused-ring (bicyclic) bond motifs is 7. The summed E-state index contributed by atoms with van der Waals surface area (Å²) in [4.78, 5) is 10.3. The van der Waals surface area contributed by atoms with Crippen molar-refractivity contribution < 1.29 is 21.2 Å². The molecule has 0 aliphatic carbocycles. The molecule has 0 atom stereocenters. The second-order valence-electron chi connectivity index (χ2n) is 9.41. The van der Waals surface area contributed by atoms with Crippen LogP contribution in [0.5, 0.6) is 0 Å². The van der Waals surface area contributed by atoms with Gasteiger partial charge in [-0.2, -0.15) is 0 Å². The molecule has 0 saturated carbocycles. The van der Waals surface area contributed by atoms with Crippen molar-refractivity contribution in [1.29, 1.82) is 0 Å². The van der Waals surface area contributed by atoms with E-state index in [4.69, 9.17) is 9.97 Å². The fourth-order valence-electron chi connectivity index (χ4n) is 5.50. The van der Waals surface area contributed by atoms with E-state index in [9.17, 15) is 0 Å². The summed E-state index contributed by atoms with van der Waals surface area (Å²) in [5, 5.41) is 2.55. The Balaban J connectivity index is 1.47. The molecular formula is C34H21IN3-. The molecule has 4 heteroatoms. The Morgan fingerprint density at radius 2 is 1.16 bits per heavy atom. The first-order valence-electron chi connectivity index (χ1n) is 12.7. The van der Waals surface area contributed by atoms with Gasteiger partial charge in [-0.05, 0) is 0 Å². The van der Waals surface area contributed by atoms with Gasteiger partial charge in [0.2, 0.25) is 0 Å². The van der Waals surface area contributed by atoms with Crippen molar-refractivity contribution in [1.82, 2.24) is 14.5 Å². The Morgan fingerprint density at radius 1 is 0.526 bits per heavy atom. The van der Waals surface area contributed by atoms with Crippen molar-refractivity contribution in [2.24, 2.45) is 0 Å². The number of rotatable bonds is 3. The van der Waals surface area contributed by atoms with Crippen LogP contribution in [0.15, 0.2) is 127 Å². The van der Waals surface area contributed by atoms with Crippen LogP contribution in [0, 0.1) is 7.14 Å². The number of aromatic nitrogens is 3. The van der Waals surface area contributed by atoms with Crippen LogP contribution in [-0.4, -0.2) is 14.5 Å². The third-order valence-corrected chi connectivity index (χ3v) is 10.2. The zero-order valence-electron chi connectivity index (χ0n) is 20.3. The van der Waals surface area contributed by atoms with E-state index in [2.05, 4.69) is 120 Å². The van der Waals surface area contributed by atoms with Crippen LogP contribution < -0.4 is 21.2 Å². The van der Waals surface area contributed by atoms with Gasteiger partial charge in [0.25, 0.3) is 0 Å². The van der Waals surface area contributed by atoms with Gasteiger partial charge >= 0.3 is 232 Å². The molecule has 0 spiro atoms. The van der Waals surface area contributed by atoms with Gasteiger partial charge in [0, 0.05) is 0 Å². The van der Waals surface area contributed by atoms with Crippen molar-refractivity contribution in [2.45, 2.75) is 0 Å². The number of hydrogen-bond donors (Lipinski definition) is 0. The van der Waals surface area contributed by atoms with Gasteiger partial charge in [0.15, 0.2) is 0 Å². The Hall–Kier alpha value is -4.29. The van der Waals surface area contributed by atoms with Crippen molar-refractivity contribution in [3.63, 3.8) is 0 Å². The molecule has 180 valence electrons. The minimum atomic E-state index is -0.187. The molecule has 0 amide bonds. The normalized spacial score (nSPS) is 12.3. The first kappa shape index (κ1) is 21.8. The molecule has 3 nitrogen and oxygen atoms in total. The molecule has 0 saturated heterocycles. The molecule has 1 aliphatic heterocycles. The van der Waals surface area contributed by atoms with E-state index in [1.165, 1.54) is 29.0 Å². The predicted molar refractivity (Wildman–Crippen MR) is 150 cm³/mol. The molecule has 5 aromatic carbocycles. The standard InChI is InChI=1S/C34H21IN3/c1-3-11-22(12-4-1)28-21-29(23-13-5-2-6-14-23)37-34(36-28)38-30-18-10-8-16-25(30)33-31(38)20-19-27-32(33)24-15-7-9-17-26(24)35-27/h1-21H/q-1. The van der Waals surface area contributed by atoms with Gasteiger partial charge in [0.1, 0.15) is 0 Å². The van der Waals surface area contributed by atoms with E-state index < -0.39 is 0 Å². The summed E-state index contributed by atoms with van der Waals surface area (Å²) in [5.74, 6) is 0.692.